The van der Waals surface area contributed by atoms with E-state index in [1.165, 1.54) is 57.8 Å². The number of Topliss-reactive ketones (excluding diaryl/α,β-unsaturated/α-hetero) is 1. The van der Waals surface area contributed by atoms with E-state index in [0.29, 0.717) is 5.56 Å². The number of aryl methyl sites for hydroxylation is 2. The van der Waals surface area contributed by atoms with Crippen LogP contribution in [0, 0.1) is 10.1 Å². The van der Waals surface area contributed by atoms with Crippen LogP contribution in [0.5, 0.6) is 5.75 Å². The number of ketones is 1. The molecule has 1 amide bonds. The number of nitro groups is 1. The minimum absolute atomic E-state index is 0.165. The Labute approximate surface area is 218 Å². The molecule has 5 rings (SSSR count). The molecule has 0 atom stereocenters. The summed E-state index contributed by atoms with van der Waals surface area (Å²) < 4.78 is 7.30. The molecule has 3 aromatic carbocycles. The largest absolute Gasteiger partial charge is 0.490 e. The molecule has 0 aliphatic heterocycles. The summed E-state index contributed by atoms with van der Waals surface area (Å²) in [6.07, 6.45) is 4.62. The number of nitrogens with zero attached hydrogens (tertiary/aromatic N) is 2. The van der Waals surface area contributed by atoms with E-state index < -0.39 is 4.92 Å². The summed E-state index contributed by atoms with van der Waals surface area (Å²) in [5.74, 6) is 0.114. The van der Waals surface area contributed by atoms with Gasteiger partial charge in [0, 0.05) is 28.1 Å². The average Bonchev–Trinajstić information content (AvgIpc) is 3.32. The first-order chi connectivity index (χ1) is 18.0. The molecule has 7 nitrogen and oxygen atoms in total. The van der Waals surface area contributed by atoms with Crippen LogP contribution in [0.3, 0.4) is 0 Å². The van der Waals surface area contributed by atoms with Crippen molar-refractivity contribution < 1.29 is 19.2 Å². The van der Waals surface area contributed by atoms with Crippen molar-refractivity contribution >= 4 is 38.8 Å². The van der Waals surface area contributed by atoms with Crippen LogP contribution in [0.15, 0.2) is 72.8 Å². The van der Waals surface area contributed by atoms with E-state index in [0.717, 1.165) is 23.3 Å². The molecule has 8 heteroatoms. The van der Waals surface area contributed by atoms with E-state index >= 15 is 0 Å². The Kier molecular flexibility index (Phi) is 7.28. The quantitative estimate of drug-likeness (QED) is 0.153. The predicted octanol–water partition coefficient (Wildman–Crippen LogP) is 6.09. The molecule has 1 aliphatic rings. The maximum Gasteiger partial charge on any atom is 0.270 e. The number of benzene rings is 3. The van der Waals surface area contributed by atoms with Gasteiger partial charge in [-0.05, 0) is 54.8 Å². The molecule has 0 fully saturated rings. The number of nitro benzene ring substituents is 1. The van der Waals surface area contributed by atoms with Crippen molar-refractivity contribution in [3.8, 4) is 5.75 Å². The summed E-state index contributed by atoms with van der Waals surface area (Å²) in [7, 11) is 0. The van der Waals surface area contributed by atoms with E-state index in [4.69, 9.17) is 4.74 Å². The van der Waals surface area contributed by atoms with E-state index in [-0.39, 0.29) is 42.6 Å². The SMILES string of the molecule is O=C(CN(CCOc1cccc2c3c(sc12)CCCC3)C(=O)c1ccccc1)c1cccc([N+](=O)[O-])c1. The molecule has 0 radical (unpaired) electrons. The highest BCUT2D eigenvalue weighted by Crippen LogP contribution is 2.40. The van der Waals surface area contributed by atoms with Gasteiger partial charge in [-0.25, -0.2) is 0 Å². The lowest BCUT2D eigenvalue weighted by Crippen LogP contribution is -2.38. The van der Waals surface area contributed by atoms with Crippen LogP contribution in [0.25, 0.3) is 10.1 Å². The van der Waals surface area contributed by atoms with Crippen molar-refractivity contribution in [1.29, 1.82) is 0 Å². The molecule has 1 heterocycles. The van der Waals surface area contributed by atoms with Crippen molar-refractivity contribution in [2.24, 2.45) is 0 Å². The summed E-state index contributed by atoms with van der Waals surface area (Å²) in [6.45, 7) is 0.189. The summed E-state index contributed by atoms with van der Waals surface area (Å²) in [4.78, 5) is 39.8. The minimum atomic E-state index is -0.541. The molecule has 0 saturated heterocycles. The second-order valence-electron chi connectivity index (χ2n) is 9.02. The van der Waals surface area contributed by atoms with Gasteiger partial charge >= 0.3 is 0 Å². The lowest BCUT2D eigenvalue weighted by atomic mass is 9.96. The number of fused-ring (bicyclic) bond motifs is 3. The summed E-state index contributed by atoms with van der Waals surface area (Å²) in [5.41, 5.74) is 1.92. The molecule has 37 heavy (non-hydrogen) atoms. The molecular formula is C29H26N2O5S. The molecule has 0 saturated carbocycles. The molecule has 0 bridgehead atoms. The number of rotatable bonds is 9. The Morgan fingerprint density at radius 3 is 2.51 bits per heavy atom. The van der Waals surface area contributed by atoms with Crippen LogP contribution in [0.1, 0.15) is 44.0 Å². The van der Waals surface area contributed by atoms with Gasteiger partial charge in [0.1, 0.15) is 12.4 Å². The lowest BCUT2D eigenvalue weighted by Gasteiger charge is -2.22. The van der Waals surface area contributed by atoms with Gasteiger partial charge in [-0.15, -0.1) is 11.3 Å². The Balaban J connectivity index is 1.34. The number of non-ortho nitro benzene ring substituents is 1. The molecule has 4 aromatic rings. The number of hydrogen-bond acceptors (Lipinski definition) is 6. The first kappa shape index (κ1) is 24.6. The van der Waals surface area contributed by atoms with Gasteiger partial charge in [0.2, 0.25) is 0 Å². The van der Waals surface area contributed by atoms with Gasteiger partial charge in [-0.1, -0.05) is 42.5 Å². The third-order valence-corrected chi connectivity index (χ3v) is 7.91. The summed E-state index contributed by atoms with van der Waals surface area (Å²) in [6, 6.07) is 20.4. The Morgan fingerprint density at radius 2 is 1.70 bits per heavy atom. The fourth-order valence-corrected chi connectivity index (χ4v) is 6.07. The third kappa shape index (κ3) is 5.39. The first-order valence-electron chi connectivity index (χ1n) is 12.3. The maximum absolute atomic E-state index is 13.3. The normalized spacial score (nSPS) is 12.6. The second kappa shape index (κ2) is 10.9. The van der Waals surface area contributed by atoms with Crippen molar-refractivity contribution in [2.75, 3.05) is 19.7 Å². The number of ether oxygens (including phenoxy) is 1. The maximum atomic E-state index is 13.3. The second-order valence-corrected chi connectivity index (χ2v) is 10.1. The zero-order chi connectivity index (χ0) is 25.8. The number of thiophene rings is 1. The van der Waals surface area contributed by atoms with Gasteiger partial charge < -0.3 is 9.64 Å². The van der Waals surface area contributed by atoms with Crippen LogP contribution >= 0.6 is 11.3 Å². The molecule has 0 spiro atoms. The number of hydrogen-bond donors (Lipinski definition) is 0. The van der Waals surface area contributed by atoms with Crippen molar-refractivity contribution in [3.63, 3.8) is 0 Å². The number of carbonyl (C=O) groups is 2. The van der Waals surface area contributed by atoms with Gasteiger partial charge in [0.15, 0.2) is 5.78 Å². The Hall–Kier alpha value is -4.04. The highest BCUT2D eigenvalue weighted by molar-refractivity contribution is 7.19. The number of carbonyl (C=O) groups excluding carboxylic acids is 2. The molecule has 0 N–H and O–H groups in total. The Morgan fingerprint density at radius 1 is 0.946 bits per heavy atom. The molecule has 0 unspecified atom stereocenters. The molecule has 188 valence electrons. The van der Waals surface area contributed by atoms with Crippen LogP contribution in [-0.2, 0) is 12.8 Å². The minimum Gasteiger partial charge on any atom is -0.490 e. The van der Waals surface area contributed by atoms with Crippen molar-refractivity contribution in [2.45, 2.75) is 25.7 Å². The van der Waals surface area contributed by atoms with Gasteiger partial charge in [0.05, 0.1) is 22.7 Å². The van der Waals surface area contributed by atoms with Crippen molar-refractivity contribution in [1.82, 2.24) is 4.90 Å². The molecule has 1 aliphatic carbocycles. The van der Waals surface area contributed by atoms with E-state index in [1.807, 2.05) is 18.2 Å². The average molecular weight is 515 g/mol. The fourth-order valence-electron chi connectivity index (χ4n) is 4.71. The predicted molar refractivity (Wildman–Crippen MR) is 144 cm³/mol. The van der Waals surface area contributed by atoms with Crippen molar-refractivity contribution in [3.05, 3.63) is 104 Å². The first-order valence-corrected chi connectivity index (χ1v) is 13.1. The van der Waals surface area contributed by atoms with E-state index in [9.17, 15) is 19.7 Å². The zero-order valence-corrected chi connectivity index (χ0v) is 21.0. The van der Waals surface area contributed by atoms with Crippen LogP contribution in [0.2, 0.25) is 0 Å². The standard InChI is InChI=1S/C29H26N2O5S/c32-25(21-10-6-11-22(18-21)31(34)35)19-30(29(33)20-8-2-1-3-9-20)16-17-36-26-14-7-13-24-23-12-4-5-15-27(23)37-28(24)26/h1-3,6-11,13-14,18H,4-5,12,15-17,19H2. The molecule has 1 aromatic heterocycles. The van der Waals surface area contributed by atoms with Crippen LogP contribution in [-0.4, -0.2) is 41.2 Å². The van der Waals surface area contributed by atoms with Gasteiger partial charge in [-0.3, -0.25) is 19.7 Å². The Bertz CT molecular complexity index is 1460. The van der Waals surface area contributed by atoms with Gasteiger partial charge in [0.25, 0.3) is 11.6 Å². The smallest absolute Gasteiger partial charge is 0.270 e. The van der Waals surface area contributed by atoms with Crippen LogP contribution in [0.4, 0.5) is 5.69 Å². The lowest BCUT2D eigenvalue weighted by molar-refractivity contribution is -0.384. The highest BCUT2D eigenvalue weighted by Gasteiger charge is 2.22. The van der Waals surface area contributed by atoms with Crippen LogP contribution < -0.4 is 4.74 Å². The zero-order valence-electron chi connectivity index (χ0n) is 20.2. The van der Waals surface area contributed by atoms with E-state index in [1.54, 1.807) is 35.6 Å². The number of amides is 1. The van der Waals surface area contributed by atoms with E-state index in [2.05, 4.69) is 6.07 Å². The van der Waals surface area contributed by atoms with Gasteiger partial charge in [-0.2, -0.15) is 0 Å². The third-order valence-electron chi connectivity index (χ3n) is 6.59. The monoisotopic (exact) mass is 514 g/mol. The fraction of sp³-hybridized carbons (Fsp3) is 0.241. The topological polar surface area (TPSA) is 89.8 Å². The highest BCUT2D eigenvalue weighted by atomic mass is 32.1. The summed E-state index contributed by atoms with van der Waals surface area (Å²) >= 11 is 1.79. The molecular weight excluding hydrogens is 488 g/mol. The summed E-state index contributed by atoms with van der Waals surface area (Å²) in [5, 5.41) is 12.4.